The van der Waals surface area contributed by atoms with Crippen LogP contribution in [0.15, 0.2) is 52.3 Å². The molecule has 2 rings (SSSR count). The molecule has 18 heavy (non-hydrogen) atoms. The van der Waals surface area contributed by atoms with Gasteiger partial charge in [-0.05, 0) is 48.6 Å². The Morgan fingerprint density at radius 3 is 2.44 bits per heavy atom. The molecule has 94 valence electrons. The fourth-order valence-corrected chi connectivity index (χ4v) is 3.10. The molecule has 0 aliphatic carbocycles. The maximum Gasteiger partial charge on any atom is 0.0354 e. The molecule has 0 heterocycles. The lowest BCUT2D eigenvalue weighted by molar-refractivity contribution is 1.29. The molecule has 2 aromatic carbocycles. The smallest absolute Gasteiger partial charge is 0.0354 e. The molecule has 0 unspecified atom stereocenters. The van der Waals surface area contributed by atoms with E-state index in [2.05, 4.69) is 43.5 Å². The van der Waals surface area contributed by atoms with E-state index in [1.807, 2.05) is 23.9 Å². The van der Waals surface area contributed by atoms with Crippen molar-refractivity contribution in [2.45, 2.75) is 22.5 Å². The van der Waals surface area contributed by atoms with Crippen molar-refractivity contribution in [2.24, 2.45) is 0 Å². The topological polar surface area (TPSA) is 26.0 Å². The Morgan fingerprint density at radius 2 is 1.78 bits per heavy atom. The first-order valence-electron chi connectivity index (χ1n) is 5.81. The van der Waals surface area contributed by atoms with E-state index >= 15 is 0 Å². The minimum Gasteiger partial charge on any atom is -0.398 e. The van der Waals surface area contributed by atoms with Crippen molar-refractivity contribution in [3.63, 3.8) is 0 Å². The Morgan fingerprint density at radius 1 is 1.06 bits per heavy atom. The van der Waals surface area contributed by atoms with Gasteiger partial charge in [0.2, 0.25) is 0 Å². The number of hydrogen-bond donors (Lipinski definition) is 1. The summed E-state index contributed by atoms with van der Waals surface area (Å²) in [4.78, 5) is 2.58. The van der Waals surface area contributed by atoms with Crippen molar-refractivity contribution in [1.29, 1.82) is 0 Å². The summed E-state index contributed by atoms with van der Waals surface area (Å²) < 4.78 is 0. The number of anilines is 1. The maximum atomic E-state index is 5.91. The van der Waals surface area contributed by atoms with E-state index in [4.69, 9.17) is 5.73 Å². The van der Waals surface area contributed by atoms with Crippen LogP contribution >= 0.6 is 23.5 Å². The number of benzene rings is 2. The Labute approximate surface area is 117 Å². The standard InChI is InChI=1S/C15H17NS2/c1-11-14(16)4-3-5-15(11)18-10-12-6-8-13(17-2)9-7-12/h3-9H,10,16H2,1-2H3. The van der Waals surface area contributed by atoms with Gasteiger partial charge >= 0.3 is 0 Å². The van der Waals surface area contributed by atoms with E-state index in [1.165, 1.54) is 20.9 Å². The lowest BCUT2D eigenvalue weighted by atomic mass is 10.2. The molecule has 3 heteroatoms. The highest BCUT2D eigenvalue weighted by Gasteiger charge is 2.02. The minimum absolute atomic E-state index is 0.873. The molecule has 0 fully saturated rings. The van der Waals surface area contributed by atoms with Gasteiger partial charge in [-0.25, -0.2) is 0 Å². The number of rotatable bonds is 4. The Bertz CT molecular complexity index is 521. The molecule has 0 aromatic heterocycles. The van der Waals surface area contributed by atoms with E-state index in [0.717, 1.165) is 11.4 Å². The average Bonchev–Trinajstić information content (AvgIpc) is 2.41. The zero-order chi connectivity index (χ0) is 13.0. The van der Waals surface area contributed by atoms with Crippen LogP contribution in [0.2, 0.25) is 0 Å². The Kier molecular flexibility index (Phi) is 4.61. The van der Waals surface area contributed by atoms with Crippen LogP contribution in [0.1, 0.15) is 11.1 Å². The zero-order valence-electron chi connectivity index (χ0n) is 10.6. The van der Waals surface area contributed by atoms with Crippen molar-refractivity contribution >= 4 is 29.2 Å². The largest absolute Gasteiger partial charge is 0.398 e. The van der Waals surface area contributed by atoms with Crippen LogP contribution < -0.4 is 5.73 Å². The third kappa shape index (κ3) is 3.24. The van der Waals surface area contributed by atoms with Gasteiger partial charge in [-0.2, -0.15) is 0 Å². The molecule has 0 atom stereocenters. The lowest BCUT2D eigenvalue weighted by Gasteiger charge is -2.08. The minimum atomic E-state index is 0.873. The van der Waals surface area contributed by atoms with E-state index in [1.54, 1.807) is 11.8 Å². The lowest BCUT2D eigenvalue weighted by Crippen LogP contribution is -1.91. The fraction of sp³-hybridized carbons (Fsp3) is 0.200. The van der Waals surface area contributed by atoms with Crippen LogP contribution in [0.5, 0.6) is 0 Å². The van der Waals surface area contributed by atoms with Gasteiger partial charge < -0.3 is 5.73 Å². The van der Waals surface area contributed by atoms with Crippen molar-refractivity contribution < 1.29 is 0 Å². The monoisotopic (exact) mass is 275 g/mol. The highest BCUT2D eigenvalue weighted by Crippen LogP contribution is 2.29. The van der Waals surface area contributed by atoms with Crippen LogP contribution in [0.4, 0.5) is 5.69 Å². The number of hydrogen-bond acceptors (Lipinski definition) is 3. The van der Waals surface area contributed by atoms with Gasteiger partial charge in [0.15, 0.2) is 0 Å². The molecule has 0 aliphatic rings. The SMILES string of the molecule is CSc1ccc(CSc2cccc(N)c2C)cc1. The van der Waals surface area contributed by atoms with E-state index < -0.39 is 0 Å². The van der Waals surface area contributed by atoms with Crippen LogP contribution in [0.25, 0.3) is 0 Å². The summed E-state index contributed by atoms with van der Waals surface area (Å²) in [6, 6.07) is 14.8. The second-order valence-electron chi connectivity index (χ2n) is 4.11. The van der Waals surface area contributed by atoms with Crippen LogP contribution in [-0.4, -0.2) is 6.26 Å². The van der Waals surface area contributed by atoms with E-state index in [-0.39, 0.29) is 0 Å². The second kappa shape index (κ2) is 6.21. The Balaban J connectivity index is 2.04. The molecule has 1 nitrogen and oxygen atoms in total. The summed E-state index contributed by atoms with van der Waals surface area (Å²) in [5.41, 5.74) is 9.31. The first-order chi connectivity index (χ1) is 8.70. The highest BCUT2D eigenvalue weighted by atomic mass is 32.2. The van der Waals surface area contributed by atoms with Gasteiger partial charge in [0.25, 0.3) is 0 Å². The summed E-state index contributed by atoms with van der Waals surface area (Å²) in [5, 5.41) is 0. The van der Waals surface area contributed by atoms with Crippen molar-refractivity contribution in [2.75, 3.05) is 12.0 Å². The van der Waals surface area contributed by atoms with Gasteiger partial charge in [-0.1, -0.05) is 18.2 Å². The van der Waals surface area contributed by atoms with Gasteiger partial charge in [-0.15, -0.1) is 23.5 Å². The third-order valence-corrected chi connectivity index (χ3v) is 4.85. The zero-order valence-corrected chi connectivity index (χ0v) is 12.3. The summed E-state index contributed by atoms with van der Waals surface area (Å²) in [7, 11) is 0. The average molecular weight is 275 g/mol. The Hall–Kier alpha value is -1.06. The van der Waals surface area contributed by atoms with Crippen molar-refractivity contribution in [3.8, 4) is 0 Å². The number of nitrogen functional groups attached to an aromatic ring is 1. The van der Waals surface area contributed by atoms with Gasteiger partial charge in [0, 0.05) is 21.2 Å². The van der Waals surface area contributed by atoms with Gasteiger partial charge in [0.1, 0.15) is 0 Å². The summed E-state index contributed by atoms with van der Waals surface area (Å²) in [5.74, 6) is 0.985. The first-order valence-corrected chi connectivity index (χ1v) is 8.02. The molecule has 0 saturated heterocycles. The van der Waals surface area contributed by atoms with Crippen LogP contribution in [0, 0.1) is 6.92 Å². The third-order valence-electron chi connectivity index (χ3n) is 2.88. The molecule has 0 amide bonds. The fourth-order valence-electron chi connectivity index (χ4n) is 1.67. The molecule has 2 aromatic rings. The molecule has 0 saturated carbocycles. The van der Waals surface area contributed by atoms with Crippen LogP contribution in [0.3, 0.4) is 0 Å². The normalized spacial score (nSPS) is 10.6. The first kappa shape index (κ1) is 13.4. The summed E-state index contributed by atoms with van der Waals surface area (Å²) in [6.07, 6.45) is 2.10. The van der Waals surface area contributed by atoms with Gasteiger partial charge in [0.05, 0.1) is 0 Å². The molecular weight excluding hydrogens is 258 g/mol. The quantitative estimate of drug-likeness (QED) is 0.653. The molecule has 0 radical (unpaired) electrons. The summed E-state index contributed by atoms with van der Waals surface area (Å²) in [6.45, 7) is 2.08. The molecule has 0 spiro atoms. The molecule has 0 aliphatic heterocycles. The molecular formula is C15H17NS2. The highest BCUT2D eigenvalue weighted by molar-refractivity contribution is 7.98. The molecule has 0 bridgehead atoms. The van der Waals surface area contributed by atoms with Crippen LogP contribution in [-0.2, 0) is 5.75 Å². The second-order valence-corrected chi connectivity index (χ2v) is 6.00. The van der Waals surface area contributed by atoms with Crippen molar-refractivity contribution in [1.82, 2.24) is 0 Å². The summed E-state index contributed by atoms with van der Waals surface area (Å²) >= 11 is 3.61. The van der Waals surface area contributed by atoms with E-state index in [0.29, 0.717) is 0 Å². The van der Waals surface area contributed by atoms with Gasteiger partial charge in [-0.3, -0.25) is 0 Å². The van der Waals surface area contributed by atoms with E-state index in [9.17, 15) is 0 Å². The predicted molar refractivity (Wildman–Crippen MR) is 83.4 cm³/mol. The number of thioether (sulfide) groups is 2. The number of nitrogens with two attached hydrogens (primary N) is 1. The molecule has 2 N–H and O–H groups in total. The van der Waals surface area contributed by atoms with Crippen molar-refractivity contribution in [3.05, 3.63) is 53.6 Å². The maximum absolute atomic E-state index is 5.91. The predicted octanol–water partition coefficient (Wildman–Crippen LogP) is 4.59.